The summed E-state index contributed by atoms with van der Waals surface area (Å²) >= 11 is 0. The molecule has 1 amide bonds. The summed E-state index contributed by atoms with van der Waals surface area (Å²) in [7, 11) is 0. The fraction of sp³-hybridized carbons (Fsp3) is 0.214. The average molecular weight is 441 g/mol. The number of esters is 1. The van der Waals surface area contributed by atoms with Crippen molar-refractivity contribution >= 4 is 28.5 Å². The van der Waals surface area contributed by atoms with Crippen LogP contribution in [-0.4, -0.2) is 16.9 Å². The molecule has 1 heterocycles. The van der Waals surface area contributed by atoms with Gasteiger partial charge in [-0.25, -0.2) is 0 Å². The summed E-state index contributed by atoms with van der Waals surface area (Å²) in [6, 6.07) is 23.1. The first-order valence-corrected chi connectivity index (χ1v) is 11.2. The second-order valence-electron chi connectivity index (χ2n) is 8.30. The van der Waals surface area contributed by atoms with Gasteiger partial charge in [0.1, 0.15) is 0 Å². The van der Waals surface area contributed by atoms with Gasteiger partial charge in [-0.1, -0.05) is 60.7 Å². The molecule has 0 radical (unpaired) electrons. The van der Waals surface area contributed by atoms with Crippen LogP contribution in [0.2, 0.25) is 0 Å². The van der Waals surface area contributed by atoms with E-state index in [1.165, 1.54) is 10.9 Å². The molecule has 33 heavy (non-hydrogen) atoms. The predicted octanol–water partition coefficient (Wildman–Crippen LogP) is 6.03. The van der Waals surface area contributed by atoms with Crippen molar-refractivity contribution in [3.05, 3.63) is 101 Å². The van der Waals surface area contributed by atoms with Crippen molar-refractivity contribution < 1.29 is 14.3 Å². The molecule has 168 valence electrons. The van der Waals surface area contributed by atoms with Crippen LogP contribution in [0.4, 0.5) is 5.69 Å². The molecule has 1 unspecified atom stereocenters. The molecular weight excluding hydrogens is 412 g/mol. The Morgan fingerprint density at radius 2 is 1.73 bits per heavy atom. The van der Waals surface area contributed by atoms with E-state index >= 15 is 0 Å². The maximum absolute atomic E-state index is 13.1. The molecule has 5 nitrogen and oxygen atoms in total. The third-order valence-electron chi connectivity index (χ3n) is 5.74. The highest BCUT2D eigenvalue weighted by atomic mass is 16.5. The van der Waals surface area contributed by atoms with E-state index in [0.29, 0.717) is 12.0 Å². The summed E-state index contributed by atoms with van der Waals surface area (Å²) in [6.07, 6.45) is 2.61. The van der Waals surface area contributed by atoms with E-state index in [1.54, 1.807) is 12.1 Å². The molecule has 4 aromatic rings. The minimum atomic E-state index is -1.01. The number of nitrogens with one attached hydrogen (secondary N) is 2. The SMILES string of the molecule is Cc1ccc(C)c(NC(=O)C(OC(=O)CCCc2c[nH]c3ccccc23)c2ccccc2)c1. The first kappa shape index (κ1) is 22.3. The molecule has 2 N–H and O–H groups in total. The third-order valence-corrected chi connectivity index (χ3v) is 5.74. The molecule has 0 fully saturated rings. The number of anilines is 1. The lowest BCUT2D eigenvalue weighted by Gasteiger charge is -2.19. The zero-order chi connectivity index (χ0) is 23.2. The fourth-order valence-corrected chi connectivity index (χ4v) is 3.92. The Bertz CT molecular complexity index is 1260. The van der Waals surface area contributed by atoms with E-state index in [1.807, 2.05) is 74.6 Å². The van der Waals surface area contributed by atoms with Crippen LogP contribution in [0.25, 0.3) is 10.9 Å². The number of amides is 1. The van der Waals surface area contributed by atoms with Crippen LogP contribution in [0.1, 0.15) is 41.2 Å². The number of aromatic amines is 1. The standard InChI is InChI=1S/C28H28N2O3/c1-19-15-16-20(2)25(17-19)30-28(32)27(21-9-4-3-5-10-21)33-26(31)14-8-11-22-18-29-24-13-7-6-12-23(22)24/h3-7,9-10,12-13,15-18,27,29H,8,11,14H2,1-2H3,(H,30,32). The normalized spacial score (nSPS) is 11.8. The number of ether oxygens (including phenoxy) is 1. The van der Waals surface area contributed by atoms with Crippen molar-refractivity contribution in [2.45, 2.75) is 39.2 Å². The molecule has 1 atom stereocenters. The summed E-state index contributed by atoms with van der Waals surface area (Å²) in [5, 5.41) is 4.10. The second kappa shape index (κ2) is 10.2. The van der Waals surface area contributed by atoms with Crippen LogP contribution in [0, 0.1) is 13.8 Å². The van der Waals surface area contributed by atoms with Gasteiger partial charge in [-0.2, -0.15) is 0 Å². The largest absolute Gasteiger partial charge is 0.447 e. The predicted molar refractivity (Wildman–Crippen MR) is 131 cm³/mol. The van der Waals surface area contributed by atoms with Crippen molar-refractivity contribution in [1.82, 2.24) is 4.98 Å². The van der Waals surface area contributed by atoms with E-state index in [-0.39, 0.29) is 18.3 Å². The molecule has 5 heteroatoms. The Labute approximate surface area is 193 Å². The van der Waals surface area contributed by atoms with Crippen molar-refractivity contribution in [2.24, 2.45) is 0 Å². The van der Waals surface area contributed by atoms with Gasteiger partial charge in [0.15, 0.2) is 0 Å². The Balaban J connectivity index is 1.42. The third kappa shape index (κ3) is 5.50. The Morgan fingerprint density at radius 3 is 2.55 bits per heavy atom. The van der Waals surface area contributed by atoms with Crippen LogP contribution >= 0.6 is 0 Å². The van der Waals surface area contributed by atoms with Gasteiger partial charge in [0.05, 0.1) is 0 Å². The number of carbonyl (C=O) groups excluding carboxylic acids is 2. The van der Waals surface area contributed by atoms with Gasteiger partial charge in [0.25, 0.3) is 5.91 Å². The van der Waals surface area contributed by atoms with Crippen molar-refractivity contribution in [2.75, 3.05) is 5.32 Å². The Hall–Kier alpha value is -3.86. The number of aromatic nitrogens is 1. The molecule has 0 saturated carbocycles. The molecule has 0 saturated heterocycles. The van der Waals surface area contributed by atoms with E-state index in [4.69, 9.17) is 4.74 Å². The number of aryl methyl sites for hydroxylation is 3. The van der Waals surface area contributed by atoms with Gasteiger partial charge in [-0.3, -0.25) is 9.59 Å². The van der Waals surface area contributed by atoms with Crippen molar-refractivity contribution in [1.29, 1.82) is 0 Å². The van der Waals surface area contributed by atoms with Gasteiger partial charge < -0.3 is 15.0 Å². The first-order valence-electron chi connectivity index (χ1n) is 11.2. The summed E-state index contributed by atoms with van der Waals surface area (Å²) in [4.78, 5) is 29.1. The smallest absolute Gasteiger partial charge is 0.306 e. The number of fused-ring (bicyclic) bond motifs is 1. The highest BCUT2D eigenvalue weighted by Gasteiger charge is 2.25. The molecule has 0 spiro atoms. The molecular formula is C28H28N2O3. The van der Waals surface area contributed by atoms with Crippen LogP contribution in [0.5, 0.6) is 0 Å². The van der Waals surface area contributed by atoms with Crippen LogP contribution in [0.3, 0.4) is 0 Å². The number of rotatable bonds is 8. The fourth-order valence-electron chi connectivity index (χ4n) is 3.92. The molecule has 0 bridgehead atoms. The van der Waals surface area contributed by atoms with E-state index in [9.17, 15) is 9.59 Å². The summed E-state index contributed by atoms with van der Waals surface area (Å²) in [5.41, 5.74) is 5.61. The molecule has 1 aromatic heterocycles. The van der Waals surface area contributed by atoms with Crippen LogP contribution in [-0.2, 0) is 20.7 Å². The minimum Gasteiger partial charge on any atom is -0.447 e. The molecule has 3 aromatic carbocycles. The topological polar surface area (TPSA) is 71.2 Å². The van der Waals surface area contributed by atoms with Gasteiger partial charge in [0, 0.05) is 34.8 Å². The lowest BCUT2D eigenvalue weighted by atomic mass is 10.1. The zero-order valence-electron chi connectivity index (χ0n) is 18.9. The van der Waals surface area contributed by atoms with E-state index < -0.39 is 6.10 Å². The lowest BCUT2D eigenvalue weighted by Crippen LogP contribution is -2.26. The van der Waals surface area contributed by atoms with Crippen LogP contribution < -0.4 is 5.32 Å². The first-order chi connectivity index (χ1) is 16.0. The summed E-state index contributed by atoms with van der Waals surface area (Å²) in [6.45, 7) is 3.90. The van der Waals surface area contributed by atoms with Gasteiger partial charge in [0.2, 0.25) is 6.10 Å². The molecule has 4 rings (SSSR count). The number of H-pyrrole nitrogens is 1. The Kier molecular flexibility index (Phi) is 6.89. The van der Waals surface area contributed by atoms with Gasteiger partial charge in [-0.15, -0.1) is 0 Å². The van der Waals surface area contributed by atoms with E-state index in [0.717, 1.165) is 28.8 Å². The van der Waals surface area contributed by atoms with Gasteiger partial charge >= 0.3 is 5.97 Å². The monoisotopic (exact) mass is 440 g/mol. The second-order valence-corrected chi connectivity index (χ2v) is 8.30. The summed E-state index contributed by atoms with van der Waals surface area (Å²) in [5.74, 6) is -0.750. The zero-order valence-corrected chi connectivity index (χ0v) is 18.9. The lowest BCUT2D eigenvalue weighted by molar-refractivity contribution is -0.154. The molecule has 0 aliphatic rings. The maximum Gasteiger partial charge on any atom is 0.306 e. The molecule has 0 aliphatic carbocycles. The Morgan fingerprint density at radius 1 is 0.970 bits per heavy atom. The number of hydrogen-bond acceptors (Lipinski definition) is 3. The highest BCUT2D eigenvalue weighted by molar-refractivity contribution is 5.96. The minimum absolute atomic E-state index is 0.236. The quantitative estimate of drug-likeness (QED) is 0.329. The number of carbonyl (C=O) groups is 2. The van der Waals surface area contributed by atoms with Crippen LogP contribution in [0.15, 0.2) is 79.0 Å². The number of para-hydroxylation sites is 1. The number of benzene rings is 3. The average Bonchev–Trinajstić information content (AvgIpc) is 3.23. The van der Waals surface area contributed by atoms with Crippen molar-refractivity contribution in [3.8, 4) is 0 Å². The summed E-state index contributed by atoms with van der Waals surface area (Å²) < 4.78 is 5.69. The number of hydrogen-bond donors (Lipinski definition) is 2. The molecule has 0 aliphatic heterocycles. The maximum atomic E-state index is 13.1. The van der Waals surface area contributed by atoms with Crippen molar-refractivity contribution in [3.63, 3.8) is 0 Å². The highest BCUT2D eigenvalue weighted by Crippen LogP contribution is 2.24. The van der Waals surface area contributed by atoms with Gasteiger partial charge in [-0.05, 0) is 55.5 Å². The van der Waals surface area contributed by atoms with E-state index in [2.05, 4.69) is 16.4 Å².